The number of rotatable bonds is 4. The number of hydrogen-bond acceptors (Lipinski definition) is 3. The second-order valence-corrected chi connectivity index (χ2v) is 4.54. The maximum atomic E-state index is 12.2. The molecular formula is C16H14N4O. The zero-order valence-electron chi connectivity index (χ0n) is 11.3. The Morgan fingerprint density at radius 1 is 1.14 bits per heavy atom. The predicted molar refractivity (Wildman–Crippen MR) is 79.0 cm³/mol. The van der Waals surface area contributed by atoms with Crippen molar-refractivity contribution >= 4 is 5.91 Å². The molecule has 0 spiro atoms. The summed E-state index contributed by atoms with van der Waals surface area (Å²) >= 11 is 0. The van der Waals surface area contributed by atoms with Crippen LogP contribution in [0.25, 0.3) is 5.82 Å². The Morgan fingerprint density at radius 2 is 2.00 bits per heavy atom. The van der Waals surface area contributed by atoms with E-state index in [9.17, 15) is 4.79 Å². The molecule has 104 valence electrons. The average molecular weight is 278 g/mol. The highest BCUT2D eigenvalue weighted by Gasteiger charge is 2.07. The number of pyridine rings is 1. The van der Waals surface area contributed by atoms with Crippen LogP contribution in [0, 0.1) is 0 Å². The molecule has 5 nitrogen and oxygen atoms in total. The first-order valence-electron chi connectivity index (χ1n) is 6.59. The largest absolute Gasteiger partial charge is 0.348 e. The molecule has 3 rings (SSSR count). The number of carbonyl (C=O) groups is 1. The second-order valence-electron chi connectivity index (χ2n) is 4.54. The van der Waals surface area contributed by atoms with Gasteiger partial charge in [-0.2, -0.15) is 0 Å². The number of aromatic nitrogens is 3. The molecule has 0 aliphatic carbocycles. The molecule has 1 aromatic carbocycles. The van der Waals surface area contributed by atoms with E-state index in [1.807, 2.05) is 30.3 Å². The first kappa shape index (κ1) is 13.1. The van der Waals surface area contributed by atoms with Crippen molar-refractivity contribution < 1.29 is 4.79 Å². The van der Waals surface area contributed by atoms with Gasteiger partial charge in [-0.15, -0.1) is 0 Å². The Bertz CT molecular complexity index is 723. The second kappa shape index (κ2) is 6.00. The van der Waals surface area contributed by atoms with Gasteiger partial charge >= 0.3 is 0 Å². The molecule has 0 unspecified atom stereocenters. The van der Waals surface area contributed by atoms with Gasteiger partial charge in [0.05, 0.1) is 0 Å². The molecule has 1 N–H and O–H groups in total. The number of nitrogens with one attached hydrogen (secondary N) is 1. The first-order chi connectivity index (χ1) is 10.3. The fourth-order valence-electron chi connectivity index (χ4n) is 1.98. The molecule has 3 aromatic rings. The van der Waals surface area contributed by atoms with Crippen LogP contribution in [0.4, 0.5) is 0 Å². The van der Waals surface area contributed by atoms with Crippen LogP contribution in [0.15, 0.2) is 67.4 Å². The minimum atomic E-state index is -0.123. The van der Waals surface area contributed by atoms with Gasteiger partial charge in [0.2, 0.25) is 0 Å². The van der Waals surface area contributed by atoms with E-state index in [0.29, 0.717) is 17.9 Å². The van der Waals surface area contributed by atoms with E-state index in [1.165, 1.54) is 0 Å². The standard InChI is InChI=1S/C16H14N4O/c21-16(19-11-13-4-2-1-3-5-13)14-6-7-18-15(10-14)20-9-8-17-12-20/h1-10,12H,11H2,(H,19,21). The Kier molecular flexibility index (Phi) is 3.73. The lowest BCUT2D eigenvalue weighted by molar-refractivity contribution is 0.0951. The van der Waals surface area contributed by atoms with Crippen molar-refractivity contribution in [1.29, 1.82) is 0 Å². The van der Waals surface area contributed by atoms with Gasteiger partial charge in [0.25, 0.3) is 5.91 Å². The maximum absolute atomic E-state index is 12.2. The van der Waals surface area contributed by atoms with E-state index in [-0.39, 0.29) is 5.91 Å². The molecule has 2 aromatic heterocycles. The van der Waals surface area contributed by atoms with E-state index in [0.717, 1.165) is 5.56 Å². The van der Waals surface area contributed by atoms with E-state index < -0.39 is 0 Å². The van der Waals surface area contributed by atoms with Crippen molar-refractivity contribution in [1.82, 2.24) is 19.9 Å². The molecule has 0 atom stereocenters. The number of nitrogens with zero attached hydrogens (tertiary/aromatic N) is 3. The Labute approximate surface area is 122 Å². The summed E-state index contributed by atoms with van der Waals surface area (Å²) in [6, 6.07) is 13.2. The van der Waals surface area contributed by atoms with Crippen LogP contribution in [0.5, 0.6) is 0 Å². The van der Waals surface area contributed by atoms with E-state index in [4.69, 9.17) is 0 Å². The van der Waals surface area contributed by atoms with Gasteiger partial charge < -0.3 is 5.32 Å². The van der Waals surface area contributed by atoms with Gasteiger partial charge in [0, 0.05) is 30.7 Å². The van der Waals surface area contributed by atoms with Crippen molar-refractivity contribution in [3.05, 3.63) is 78.5 Å². The molecule has 2 heterocycles. The Morgan fingerprint density at radius 3 is 2.76 bits per heavy atom. The van der Waals surface area contributed by atoms with Gasteiger partial charge in [-0.3, -0.25) is 9.36 Å². The lowest BCUT2D eigenvalue weighted by Gasteiger charge is -2.07. The molecule has 1 amide bonds. The summed E-state index contributed by atoms with van der Waals surface area (Å²) in [6.45, 7) is 0.502. The van der Waals surface area contributed by atoms with Crippen LogP contribution in [0.2, 0.25) is 0 Å². The van der Waals surface area contributed by atoms with Crippen LogP contribution in [-0.4, -0.2) is 20.4 Å². The SMILES string of the molecule is O=C(NCc1ccccc1)c1ccnc(-n2ccnc2)c1. The number of carbonyl (C=O) groups excluding carboxylic acids is 1. The average Bonchev–Trinajstić information content (AvgIpc) is 3.08. The van der Waals surface area contributed by atoms with Gasteiger partial charge in [-0.05, 0) is 17.7 Å². The predicted octanol–water partition coefficient (Wildman–Crippen LogP) is 2.20. The number of amides is 1. The minimum absolute atomic E-state index is 0.123. The molecule has 0 saturated heterocycles. The Hall–Kier alpha value is -2.95. The fraction of sp³-hybridized carbons (Fsp3) is 0.0625. The van der Waals surface area contributed by atoms with E-state index >= 15 is 0 Å². The van der Waals surface area contributed by atoms with E-state index in [1.54, 1.807) is 41.6 Å². The topological polar surface area (TPSA) is 59.8 Å². The summed E-state index contributed by atoms with van der Waals surface area (Å²) in [5, 5.41) is 2.90. The molecule has 0 radical (unpaired) electrons. The first-order valence-corrected chi connectivity index (χ1v) is 6.59. The summed E-state index contributed by atoms with van der Waals surface area (Å²) in [6.07, 6.45) is 6.72. The monoisotopic (exact) mass is 278 g/mol. The van der Waals surface area contributed by atoms with Crippen molar-refractivity contribution in [3.8, 4) is 5.82 Å². The quantitative estimate of drug-likeness (QED) is 0.796. The molecular weight excluding hydrogens is 264 g/mol. The number of benzene rings is 1. The highest BCUT2D eigenvalue weighted by atomic mass is 16.1. The number of imidazole rings is 1. The molecule has 0 saturated carbocycles. The highest BCUT2D eigenvalue weighted by molar-refractivity contribution is 5.94. The number of hydrogen-bond donors (Lipinski definition) is 1. The molecule has 21 heavy (non-hydrogen) atoms. The summed E-state index contributed by atoms with van der Waals surface area (Å²) in [5.41, 5.74) is 1.64. The normalized spacial score (nSPS) is 10.3. The third-order valence-corrected chi connectivity index (χ3v) is 3.07. The van der Waals surface area contributed by atoms with Crippen LogP contribution in [-0.2, 0) is 6.54 Å². The highest BCUT2D eigenvalue weighted by Crippen LogP contribution is 2.07. The van der Waals surface area contributed by atoms with Crippen LogP contribution >= 0.6 is 0 Å². The summed E-state index contributed by atoms with van der Waals surface area (Å²) in [7, 11) is 0. The van der Waals surface area contributed by atoms with Crippen LogP contribution in [0.3, 0.4) is 0 Å². The molecule has 0 bridgehead atoms. The zero-order valence-corrected chi connectivity index (χ0v) is 11.3. The lowest BCUT2D eigenvalue weighted by atomic mass is 10.2. The van der Waals surface area contributed by atoms with Gasteiger partial charge in [-0.1, -0.05) is 30.3 Å². The maximum Gasteiger partial charge on any atom is 0.251 e. The van der Waals surface area contributed by atoms with Gasteiger partial charge in [-0.25, -0.2) is 9.97 Å². The van der Waals surface area contributed by atoms with Crippen molar-refractivity contribution in [2.45, 2.75) is 6.54 Å². The Balaban J connectivity index is 1.72. The van der Waals surface area contributed by atoms with E-state index in [2.05, 4.69) is 15.3 Å². The lowest BCUT2D eigenvalue weighted by Crippen LogP contribution is -2.23. The summed E-state index contributed by atoms with van der Waals surface area (Å²) in [5.74, 6) is 0.544. The molecule has 0 fully saturated rings. The fourth-order valence-corrected chi connectivity index (χ4v) is 1.98. The minimum Gasteiger partial charge on any atom is -0.348 e. The van der Waals surface area contributed by atoms with Crippen LogP contribution < -0.4 is 5.32 Å². The summed E-state index contributed by atoms with van der Waals surface area (Å²) < 4.78 is 1.76. The molecule has 0 aliphatic rings. The summed E-state index contributed by atoms with van der Waals surface area (Å²) in [4.78, 5) is 20.4. The molecule has 0 aliphatic heterocycles. The van der Waals surface area contributed by atoms with Gasteiger partial charge in [0.1, 0.15) is 12.1 Å². The van der Waals surface area contributed by atoms with Crippen LogP contribution in [0.1, 0.15) is 15.9 Å². The molecule has 5 heteroatoms. The van der Waals surface area contributed by atoms with Crippen molar-refractivity contribution in [2.24, 2.45) is 0 Å². The zero-order chi connectivity index (χ0) is 14.5. The van der Waals surface area contributed by atoms with Gasteiger partial charge in [0.15, 0.2) is 0 Å². The third kappa shape index (κ3) is 3.14. The third-order valence-electron chi connectivity index (χ3n) is 3.07. The van der Waals surface area contributed by atoms with Crippen molar-refractivity contribution in [3.63, 3.8) is 0 Å². The van der Waals surface area contributed by atoms with Crippen molar-refractivity contribution in [2.75, 3.05) is 0 Å². The smallest absolute Gasteiger partial charge is 0.251 e.